The predicted molar refractivity (Wildman–Crippen MR) is 92.9 cm³/mol. The molecule has 3 nitrogen and oxygen atoms in total. The van der Waals surface area contributed by atoms with Crippen molar-refractivity contribution in [2.45, 2.75) is 18.2 Å². The Hall–Kier alpha value is -0.850. The first-order valence-electron chi connectivity index (χ1n) is 6.70. The minimum atomic E-state index is 0.108. The van der Waals surface area contributed by atoms with Crippen molar-refractivity contribution < 1.29 is 4.79 Å². The largest absolute Gasteiger partial charge is 0.315 e. The van der Waals surface area contributed by atoms with E-state index in [1.54, 1.807) is 11.8 Å². The molecule has 1 aromatic heterocycles. The lowest BCUT2D eigenvalue weighted by molar-refractivity contribution is -0.117. The van der Waals surface area contributed by atoms with E-state index in [0.29, 0.717) is 5.92 Å². The van der Waals surface area contributed by atoms with Gasteiger partial charge >= 0.3 is 0 Å². The van der Waals surface area contributed by atoms with Gasteiger partial charge in [0.15, 0.2) is 0 Å². The molecule has 0 unspecified atom stereocenters. The molecule has 0 aliphatic heterocycles. The Kier molecular flexibility index (Phi) is 4.38. The third kappa shape index (κ3) is 3.17. The minimum Gasteiger partial charge on any atom is -0.315 e. The second-order valence-corrected chi connectivity index (χ2v) is 7.66. The fraction of sp³-hybridized carbons (Fsp3) is 0.333. The standard InChI is InChI=1S/C15H15BrN2OS2/c1-8-7-11(8)14(19)17-15-12(16)13(18-21-15)9-3-5-10(20-2)6-4-9/h3-6,8,11H,7H2,1-2H3,(H,17,19)/t8-,11-/m1/s1. The summed E-state index contributed by atoms with van der Waals surface area (Å²) in [7, 11) is 0. The number of nitrogens with zero attached hydrogens (tertiary/aromatic N) is 1. The molecular weight excluding hydrogens is 368 g/mol. The molecule has 2 aromatic rings. The van der Waals surface area contributed by atoms with Crippen LogP contribution in [0.15, 0.2) is 33.6 Å². The van der Waals surface area contributed by atoms with Crippen molar-refractivity contribution in [2.24, 2.45) is 11.8 Å². The number of hydrogen-bond acceptors (Lipinski definition) is 4. The third-order valence-corrected chi connectivity index (χ3v) is 6.22. The Morgan fingerprint density at radius 2 is 2.10 bits per heavy atom. The third-order valence-electron chi connectivity index (χ3n) is 3.68. The maximum atomic E-state index is 12.0. The minimum absolute atomic E-state index is 0.108. The summed E-state index contributed by atoms with van der Waals surface area (Å²) in [5.41, 5.74) is 1.93. The topological polar surface area (TPSA) is 42.0 Å². The molecule has 2 atom stereocenters. The first-order valence-corrected chi connectivity index (χ1v) is 9.49. The Morgan fingerprint density at radius 3 is 2.67 bits per heavy atom. The number of thioether (sulfide) groups is 1. The van der Waals surface area contributed by atoms with Gasteiger partial charge in [-0.3, -0.25) is 4.79 Å². The number of rotatable bonds is 4. The summed E-state index contributed by atoms with van der Waals surface area (Å²) in [5.74, 6) is 0.787. The van der Waals surface area contributed by atoms with Gasteiger partial charge in [0.05, 0.1) is 4.47 Å². The highest BCUT2D eigenvalue weighted by Gasteiger charge is 2.39. The van der Waals surface area contributed by atoms with Crippen LogP contribution >= 0.6 is 39.2 Å². The van der Waals surface area contributed by atoms with Crippen LogP contribution in [-0.4, -0.2) is 16.5 Å². The highest BCUT2D eigenvalue weighted by molar-refractivity contribution is 9.10. The summed E-state index contributed by atoms with van der Waals surface area (Å²) in [6.45, 7) is 2.10. The molecule has 1 N–H and O–H groups in total. The molecule has 1 aromatic carbocycles. The highest BCUT2D eigenvalue weighted by Crippen LogP contribution is 2.41. The quantitative estimate of drug-likeness (QED) is 0.765. The van der Waals surface area contributed by atoms with Crippen molar-refractivity contribution in [1.29, 1.82) is 0 Å². The van der Waals surface area contributed by atoms with Crippen molar-refractivity contribution >= 4 is 50.1 Å². The molecular formula is C15H15BrN2OS2. The molecule has 1 heterocycles. The smallest absolute Gasteiger partial charge is 0.228 e. The molecule has 1 aliphatic rings. The lowest BCUT2D eigenvalue weighted by Crippen LogP contribution is -2.13. The van der Waals surface area contributed by atoms with Crippen LogP contribution < -0.4 is 5.32 Å². The molecule has 0 radical (unpaired) electrons. The van der Waals surface area contributed by atoms with Crippen LogP contribution in [-0.2, 0) is 4.79 Å². The Bertz CT molecular complexity index is 669. The van der Waals surface area contributed by atoms with Crippen molar-refractivity contribution in [3.8, 4) is 11.3 Å². The molecule has 0 bridgehead atoms. The second-order valence-electron chi connectivity index (χ2n) is 5.21. The molecule has 110 valence electrons. The molecule has 6 heteroatoms. The van der Waals surface area contributed by atoms with Gasteiger partial charge in [0.25, 0.3) is 0 Å². The van der Waals surface area contributed by atoms with E-state index in [9.17, 15) is 4.79 Å². The summed E-state index contributed by atoms with van der Waals surface area (Å²) in [4.78, 5) is 13.2. The van der Waals surface area contributed by atoms with Crippen LogP contribution in [0.1, 0.15) is 13.3 Å². The molecule has 1 fully saturated rings. The maximum Gasteiger partial charge on any atom is 0.228 e. The molecule has 0 spiro atoms. The highest BCUT2D eigenvalue weighted by atomic mass is 79.9. The van der Waals surface area contributed by atoms with E-state index in [0.717, 1.165) is 27.2 Å². The lowest BCUT2D eigenvalue weighted by atomic mass is 10.1. The SMILES string of the molecule is CSc1ccc(-c2nsc(NC(=O)[C@@H]3C[C@H]3C)c2Br)cc1. The molecule has 0 saturated heterocycles. The van der Waals surface area contributed by atoms with Gasteiger partial charge in [0.2, 0.25) is 5.91 Å². The fourth-order valence-electron chi connectivity index (χ4n) is 2.18. The number of carbonyl (C=O) groups is 1. The normalized spacial score (nSPS) is 20.3. The van der Waals surface area contributed by atoms with Gasteiger partial charge in [-0.05, 0) is 58.2 Å². The van der Waals surface area contributed by atoms with Crippen molar-refractivity contribution in [3.05, 3.63) is 28.7 Å². The van der Waals surface area contributed by atoms with Gasteiger partial charge in [-0.25, -0.2) is 0 Å². The summed E-state index contributed by atoms with van der Waals surface area (Å²) in [6, 6.07) is 8.27. The number of benzene rings is 1. The van der Waals surface area contributed by atoms with Crippen LogP contribution in [0.4, 0.5) is 5.00 Å². The molecule has 1 amide bonds. The fourth-order valence-corrected chi connectivity index (χ4v) is 4.04. The van der Waals surface area contributed by atoms with E-state index >= 15 is 0 Å². The van der Waals surface area contributed by atoms with Crippen LogP contribution in [0.2, 0.25) is 0 Å². The van der Waals surface area contributed by atoms with E-state index in [4.69, 9.17) is 0 Å². The zero-order chi connectivity index (χ0) is 15.0. The zero-order valence-corrected chi connectivity index (χ0v) is 14.9. The van der Waals surface area contributed by atoms with Crippen LogP contribution in [0.25, 0.3) is 11.3 Å². The Morgan fingerprint density at radius 1 is 1.43 bits per heavy atom. The van der Waals surface area contributed by atoms with Crippen molar-refractivity contribution in [1.82, 2.24) is 4.37 Å². The molecule has 1 aliphatic carbocycles. The monoisotopic (exact) mass is 382 g/mol. The van der Waals surface area contributed by atoms with Gasteiger partial charge in [-0.1, -0.05) is 19.1 Å². The van der Waals surface area contributed by atoms with Gasteiger partial charge in [0, 0.05) is 16.4 Å². The summed E-state index contributed by atoms with van der Waals surface area (Å²) in [5, 5.41) is 3.78. The number of halogens is 1. The average Bonchev–Trinajstić information content (AvgIpc) is 3.13. The molecule has 1 saturated carbocycles. The van der Waals surface area contributed by atoms with Gasteiger partial charge in [-0.15, -0.1) is 11.8 Å². The van der Waals surface area contributed by atoms with Gasteiger partial charge in [-0.2, -0.15) is 4.37 Å². The van der Waals surface area contributed by atoms with Crippen LogP contribution in [0, 0.1) is 11.8 Å². The van der Waals surface area contributed by atoms with Crippen molar-refractivity contribution in [2.75, 3.05) is 11.6 Å². The van der Waals surface area contributed by atoms with E-state index in [2.05, 4.69) is 63.1 Å². The Balaban J connectivity index is 1.79. The number of anilines is 1. The first-order chi connectivity index (χ1) is 10.1. The zero-order valence-electron chi connectivity index (χ0n) is 11.7. The van der Waals surface area contributed by atoms with E-state index in [1.807, 2.05) is 0 Å². The average molecular weight is 383 g/mol. The number of amides is 1. The van der Waals surface area contributed by atoms with Crippen molar-refractivity contribution in [3.63, 3.8) is 0 Å². The van der Waals surface area contributed by atoms with E-state index < -0.39 is 0 Å². The van der Waals surface area contributed by atoms with E-state index in [1.165, 1.54) is 16.4 Å². The van der Waals surface area contributed by atoms with E-state index in [-0.39, 0.29) is 11.8 Å². The van der Waals surface area contributed by atoms with Gasteiger partial charge in [0.1, 0.15) is 10.7 Å². The number of nitrogens with one attached hydrogen (secondary N) is 1. The summed E-state index contributed by atoms with van der Waals surface area (Å²) < 4.78 is 5.33. The first kappa shape index (κ1) is 15.1. The predicted octanol–water partition coefficient (Wildman–Crippen LogP) is 4.89. The second kappa shape index (κ2) is 6.10. The summed E-state index contributed by atoms with van der Waals surface area (Å²) >= 11 is 6.60. The van der Waals surface area contributed by atoms with Crippen LogP contribution in [0.5, 0.6) is 0 Å². The molecule has 21 heavy (non-hydrogen) atoms. The lowest BCUT2D eigenvalue weighted by Gasteiger charge is -2.03. The maximum absolute atomic E-state index is 12.0. The number of carbonyl (C=O) groups excluding carboxylic acids is 1. The van der Waals surface area contributed by atoms with Gasteiger partial charge < -0.3 is 5.32 Å². The van der Waals surface area contributed by atoms with Crippen LogP contribution in [0.3, 0.4) is 0 Å². The molecule has 3 rings (SSSR count). The summed E-state index contributed by atoms with van der Waals surface area (Å²) in [6.07, 6.45) is 3.05. The number of aromatic nitrogens is 1. The Labute approximate surface area is 140 Å². The number of hydrogen-bond donors (Lipinski definition) is 1.